The SMILES string of the molecule is CC(C)(C)OC(=O)N1C[C@@H]2C[C@@H](O)[C@H]2C1. The highest BCUT2D eigenvalue weighted by atomic mass is 16.6. The summed E-state index contributed by atoms with van der Waals surface area (Å²) in [5.41, 5.74) is -0.433. The van der Waals surface area contributed by atoms with Gasteiger partial charge in [-0.2, -0.15) is 0 Å². The molecular formula is C11H19NO3. The van der Waals surface area contributed by atoms with Crippen molar-refractivity contribution in [3.8, 4) is 0 Å². The summed E-state index contributed by atoms with van der Waals surface area (Å²) < 4.78 is 5.29. The quantitative estimate of drug-likeness (QED) is 0.658. The van der Waals surface area contributed by atoms with Crippen LogP contribution in [0.3, 0.4) is 0 Å². The molecule has 0 aromatic heterocycles. The van der Waals surface area contributed by atoms with Gasteiger partial charge in [0, 0.05) is 19.0 Å². The molecule has 0 radical (unpaired) electrons. The van der Waals surface area contributed by atoms with E-state index >= 15 is 0 Å². The van der Waals surface area contributed by atoms with Gasteiger partial charge in [0.25, 0.3) is 0 Å². The lowest BCUT2D eigenvalue weighted by Crippen LogP contribution is -2.40. The van der Waals surface area contributed by atoms with Crippen molar-refractivity contribution in [1.82, 2.24) is 4.90 Å². The van der Waals surface area contributed by atoms with E-state index in [1.54, 1.807) is 4.90 Å². The van der Waals surface area contributed by atoms with Gasteiger partial charge in [0.05, 0.1) is 6.10 Å². The lowest BCUT2D eigenvalue weighted by Gasteiger charge is -2.34. The van der Waals surface area contributed by atoms with Crippen LogP contribution in [0.15, 0.2) is 0 Å². The van der Waals surface area contributed by atoms with Crippen molar-refractivity contribution in [2.75, 3.05) is 13.1 Å². The third-order valence-corrected chi connectivity index (χ3v) is 3.18. The summed E-state index contributed by atoms with van der Waals surface area (Å²) in [6.07, 6.45) is 0.385. The van der Waals surface area contributed by atoms with Crippen LogP contribution in [0.2, 0.25) is 0 Å². The van der Waals surface area contributed by atoms with Gasteiger partial charge < -0.3 is 14.7 Å². The zero-order valence-electron chi connectivity index (χ0n) is 9.56. The van der Waals surface area contributed by atoms with Crippen molar-refractivity contribution in [2.45, 2.75) is 38.9 Å². The van der Waals surface area contributed by atoms with Crippen LogP contribution in [0.4, 0.5) is 4.79 Å². The molecular weight excluding hydrogens is 194 g/mol. The fourth-order valence-electron chi connectivity index (χ4n) is 2.35. The number of likely N-dealkylation sites (tertiary alicyclic amines) is 1. The molecule has 4 heteroatoms. The fraction of sp³-hybridized carbons (Fsp3) is 0.909. The summed E-state index contributed by atoms with van der Waals surface area (Å²) in [6.45, 7) is 7.00. The lowest BCUT2D eigenvalue weighted by molar-refractivity contribution is -0.00455. The molecule has 15 heavy (non-hydrogen) atoms. The van der Waals surface area contributed by atoms with Crippen molar-refractivity contribution in [3.63, 3.8) is 0 Å². The number of nitrogens with zero attached hydrogens (tertiary/aromatic N) is 1. The number of aliphatic hydroxyl groups excluding tert-OH is 1. The molecule has 3 atom stereocenters. The van der Waals surface area contributed by atoms with Crippen LogP contribution in [-0.2, 0) is 4.74 Å². The Kier molecular flexibility index (Phi) is 2.41. The number of ether oxygens (including phenoxy) is 1. The third-order valence-electron chi connectivity index (χ3n) is 3.18. The van der Waals surface area contributed by atoms with E-state index in [-0.39, 0.29) is 18.1 Å². The van der Waals surface area contributed by atoms with Crippen LogP contribution in [0.25, 0.3) is 0 Å². The summed E-state index contributed by atoms with van der Waals surface area (Å²) >= 11 is 0. The van der Waals surface area contributed by atoms with E-state index < -0.39 is 5.60 Å². The Balaban J connectivity index is 1.88. The Labute approximate surface area is 90.2 Å². The van der Waals surface area contributed by atoms with Crippen LogP contribution in [0.1, 0.15) is 27.2 Å². The van der Waals surface area contributed by atoms with Gasteiger partial charge >= 0.3 is 6.09 Å². The number of hydrogen-bond donors (Lipinski definition) is 1. The first kappa shape index (κ1) is 10.7. The Hall–Kier alpha value is -0.770. The minimum absolute atomic E-state index is 0.206. The van der Waals surface area contributed by atoms with Crippen molar-refractivity contribution < 1.29 is 14.6 Å². The second-order valence-corrected chi connectivity index (χ2v) is 5.61. The lowest BCUT2D eigenvalue weighted by atomic mass is 9.74. The highest BCUT2D eigenvalue weighted by molar-refractivity contribution is 5.68. The maximum atomic E-state index is 11.7. The zero-order chi connectivity index (χ0) is 11.2. The Morgan fingerprint density at radius 2 is 2.07 bits per heavy atom. The first-order valence-corrected chi connectivity index (χ1v) is 5.53. The second-order valence-electron chi connectivity index (χ2n) is 5.61. The second kappa shape index (κ2) is 3.37. The Morgan fingerprint density at radius 1 is 1.40 bits per heavy atom. The number of fused-ring (bicyclic) bond motifs is 1. The predicted octanol–water partition coefficient (Wildman–Crippen LogP) is 1.23. The van der Waals surface area contributed by atoms with Gasteiger partial charge in [-0.3, -0.25) is 0 Å². The smallest absolute Gasteiger partial charge is 0.410 e. The molecule has 0 spiro atoms. The van der Waals surface area contributed by atoms with E-state index in [4.69, 9.17) is 4.74 Å². The van der Waals surface area contributed by atoms with Crippen LogP contribution >= 0.6 is 0 Å². The van der Waals surface area contributed by atoms with E-state index in [9.17, 15) is 9.90 Å². The molecule has 2 rings (SSSR count). The van der Waals surface area contributed by atoms with Crippen LogP contribution < -0.4 is 0 Å². The number of carbonyl (C=O) groups excluding carboxylic acids is 1. The average molecular weight is 213 g/mol. The van der Waals surface area contributed by atoms with Crippen molar-refractivity contribution in [3.05, 3.63) is 0 Å². The minimum atomic E-state index is -0.433. The van der Waals surface area contributed by atoms with E-state index in [1.807, 2.05) is 20.8 Å². The van der Waals surface area contributed by atoms with Crippen LogP contribution in [0.5, 0.6) is 0 Å². The van der Waals surface area contributed by atoms with Gasteiger partial charge in [0.15, 0.2) is 0 Å². The monoisotopic (exact) mass is 213 g/mol. The van der Waals surface area contributed by atoms with E-state index in [0.717, 1.165) is 13.0 Å². The van der Waals surface area contributed by atoms with Crippen LogP contribution in [0, 0.1) is 11.8 Å². The molecule has 0 aromatic rings. The molecule has 1 aliphatic heterocycles. The molecule has 4 nitrogen and oxygen atoms in total. The molecule has 1 aliphatic carbocycles. The molecule has 2 fully saturated rings. The van der Waals surface area contributed by atoms with Crippen molar-refractivity contribution in [2.24, 2.45) is 11.8 Å². The number of carbonyl (C=O) groups is 1. The average Bonchev–Trinajstić information content (AvgIpc) is 2.39. The normalized spacial score (nSPS) is 34.7. The molecule has 1 saturated heterocycles. The number of aliphatic hydroxyl groups is 1. The first-order chi connectivity index (χ1) is 6.87. The predicted molar refractivity (Wildman–Crippen MR) is 55.4 cm³/mol. The van der Waals surface area contributed by atoms with Gasteiger partial charge in [-0.15, -0.1) is 0 Å². The number of amides is 1. The first-order valence-electron chi connectivity index (χ1n) is 5.53. The Morgan fingerprint density at radius 3 is 2.53 bits per heavy atom. The Bertz CT molecular complexity index is 271. The van der Waals surface area contributed by atoms with Gasteiger partial charge in [-0.25, -0.2) is 4.79 Å². The number of rotatable bonds is 0. The van der Waals surface area contributed by atoms with Gasteiger partial charge in [0.2, 0.25) is 0 Å². The van der Waals surface area contributed by atoms with Gasteiger partial charge in [-0.1, -0.05) is 0 Å². The summed E-state index contributed by atoms with van der Waals surface area (Å²) in [5.74, 6) is 0.782. The summed E-state index contributed by atoms with van der Waals surface area (Å²) in [5, 5.41) is 9.47. The highest BCUT2D eigenvalue weighted by Crippen LogP contribution is 2.41. The fourth-order valence-corrected chi connectivity index (χ4v) is 2.35. The van der Waals surface area contributed by atoms with E-state index in [1.165, 1.54) is 0 Å². The maximum Gasteiger partial charge on any atom is 0.410 e. The molecule has 0 unspecified atom stereocenters. The molecule has 0 aromatic carbocycles. The largest absolute Gasteiger partial charge is 0.444 e. The van der Waals surface area contributed by atoms with E-state index in [0.29, 0.717) is 12.5 Å². The van der Waals surface area contributed by atoms with Gasteiger partial charge in [0.1, 0.15) is 5.60 Å². The van der Waals surface area contributed by atoms with Gasteiger partial charge in [-0.05, 0) is 33.1 Å². The summed E-state index contributed by atoms with van der Waals surface area (Å²) in [4.78, 5) is 13.4. The summed E-state index contributed by atoms with van der Waals surface area (Å²) in [6, 6.07) is 0. The number of hydrogen-bond acceptors (Lipinski definition) is 3. The molecule has 1 N–H and O–H groups in total. The molecule has 2 aliphatic rings. The third kappa shape index (κ3) is 2.09. The zero-order valence-corrected chi connectivity index (χ0v) is 9.56. The van der Waals surface area contributed by atoms with Crippen molar-refractivity contribution in [1.29, 1.82) is 0 Å². The molecule has 1 saturated carbocycles. The molecule has 1 heterocycles. The topological polar surface area (TPSA) is 49.8 Å². The highest BCUT2D eigenvalue weighted by Gasteiger charge is 2.48. The molecule has 1 amide bonds. The summed E-state index contributed by atoms with van der Waals surface area (Å²) in [7, 11) is 0. The van der Waals surface area contributed by atoms with E-state index in [2.05, 4.69) is 0 Å². The minimum Gasteiger partial charge on any atom is -0.444 e. The van der Waals surface area contributed by atoms with Crippen molar-refractivity contribution >= 4 is 6.09 Å². The molecule has 0 bridgehead atoms. The molecule has 86 valence electrons. The maximum absolute atomic E-state index is 11.7. The standard InChI is InChI=1S/C11H19NO3/c1-11(2,3)15-10(14)12-5-7-4-9(13)8(7)6-12/h7-9,13H,4-6H2,1-3H3/t7-,8-,9+/m0/s1. The van der Waals surface area contributed by atoms with Crippen LogP contribution in [-0.4, -0.2) is 40.9 Å².